The van der Waals surface area contributed by atoms with Crippen molar-refractivity contribution in [3.8, 4) is 0 Å². The van der Waals surface area contributed by atoms with Crippen molar-refractivity contribution in [1.82, 2.24) is 0 Å². The lowest BCUT2D eigenvalue weighted by Gasteiger charge is -2.21. The van der Waals surface area contributed by atoms with Crippen molar-refractivity contribution in [3.63, 3.8) is 0 Å². The SMILES string of the molecule is COC(C)(C)CCOC(=O)OOOC(=O)c1c(C)c(C)c(C)c(C)c1C. The normalized spacial score (nSPS) is 11.2. The van der Waals surface area contributed by atoms with Crippen molar-refractivity contribution in [3.05, 3.63) is 33.4 Å². The molecule has 7 heteroatoms. The zero-order valence-electron chi connectivity index (χ0n) is 16.8. The number of rotatable bonds is 7. The maximum atomic E-state index is 12.3. The number of carbonyl (C=O) groups excluding carboxylic acids is 2. The van der Waals surface area contributed by atoms with E-state index < -0.39 is 17.7 Å². The molecular weight excluding hydrogens is 340 g/mol. The third-order valence-corrected chi connectivity index (χ3v) is 4.89. The quantitative estimate of drug-likeness (QED) is 0.405. The fourth-order valence-corrected chi connectivity index (χ4v) is 2.43. The van der Waals surface area contributed by atoms with E-state index in [9.17, 15) is 9.59 Å². The molecule has 0 heterocycles. The van der Waals surface area contributed by atoms with Crippen LogP contribution in [0.2, 0.25) is 0 Å². The van der Waals surface area contributed by atoms with E-state index in [1.165, 1.54) is 0 Å². The van der Waals surface area contributed by atoms with Crippen LogP contribution >= 0.6 is 0 Å². The predicted octanol–water partition coefficient (Wildman–Crippen LogP) is 4.20. The Kier molecular flexibility index (Phi) is 7.59. The minimum absolute atomic E-state index is 0.0749. The van der Waals surface area contributed by atoms with Crippen LogP contribution in [0.5, 0.6) is 0 Å². The van der Waals surface area contributed by atoms with Gasteiger partial charge in [0.15, 0.2) is 0 Å². The van der Waals surface area contributed by atoms with Crippen LogP contribution in [0.15, 0.2) is 0 Å². The lowest BCUT2D eigenvalue weighted by atomic mass is 9.90. The molecule has 0 saturated carbocycles. The maximum Gasteiger partial charge on any atom is 0.543 e. The van der Waals surface area contributed by atoms with E-state index in [4.69, 9.17) is 9.47 Å². The molecule has 0 amide bonds. The maximum absolute atomic E-state index is 12.3. The summed E-state index contributed by atoms with van der Waals surface area (Å²) in [5.74, 6) is -0.737. The van der Waals surface area contributed by atoms with E-state index in [2.05, 4.69) is 14.8 Å². The van der Waals surface area contributed by atoms with Gasteiger partial charge in [-0.15, -0.1) is 0 Å². The van der Waals surface area contributed by atoms with Crippen molar-refractivity contribution in [2.24, 2.45) is 0 Å². The first kappa shape index (κ1) is 21.9. The third-order valence-electron chi connectivity index (χ3n) is 4.89. The monoisotopic (exact) mass is 368 g/mol. The molecule has 7 nitrogen and oxygen atoms in total. The molecule has 0 aliphatic heterocycles. The summed E-state index contributed by atoms with van der Waals surface area (Å²) < 4.78 is 10.0. The minimum Gasteiger partial charge on any atom is -0.432 e. The molecule has 0 radical (unpaired) electrons. The molecular formula is C19H28O7. The van der Waals surface area contributed by atoms with Gasteiger partial charge in [-0.1, -0.05) is 0 Å². The van der Waals surface area contributed by atoms with E-state index in [-0.39, 0.29) is 6.61 Å². The van der Waals surface area contributed by atoms with Crippen molar-refractivity contribution in [2.45, 2.75) is 60.5 Å². The molecule has 1 aromatic rings. The van der Waals surface area contributed by atoms with Crippen molar-refractivity contribution >= 4 is 12.1 Å². The topological polar surface area (TPSA) is 80.3 Å². The van der Waals surface area contributed by atoms with Gasteiger partial charge < -0.3 is 9.47 Å². The molecule has 0 aliphatic carbocycles. The highest BCUT2D eigenvalue weighted by Gasteiger charge is 2.22. The molecule has 146 valence electrons. The first-order valence-corrected chi connectivity index (χ1v) is 8.36. The third kappa shape index (κ3) is 5.44. The van der Waals surface area contributed by atoms with E-state index in [0.29, 0.717) is 12.0 Å². The molecule has 1 rings (SSSR count). The highest BCUT2D eigenvalue weighted by molar-refractivity contribution is 5.93. The van der Waals surface area contributed by atoms with Gasteiger partial charge in [0.05, 0.1) is 22.8 Å². The number of ether oxygens (including phenoxy) is 2. The number of benzene rings is 1. The summed E-state index contributed by atoms with van der Waals surface area (Å²) in [5.41, 5.74) is 4.68. The second kappa shape index (κ2) is 9.00. The molecule has 0 atom stereocenters. The van der Waals surface area contributed by atoms with Crippen LogP contribution < -0.4 is 0 Å². The smallest absolute Gasteiger partial charge is 0.432 e. The Bertz CT molecular complexity index is 648. The fourth-order valence-electron chi connectivity index (χ4n) is 2.43. The lowest BCUT2D eigenvalue weighted by molar-refractivity contribution is -0.452. The van der Waals surface area contributed by atoms with Gasteiger partial charge in [0.25, 0.3) is 0 Å². The Morgan fingerprint density at radius 2 is 1.35 bits per heavy atom. The van der Waals surface area contributed by atoms with E-state index >= 15 is 0 Å². The number of hydrogen-bond donors (Lipinski definition) is 0. The summed E-state index contributed by atoms with van der Waals surface area (Å²) in [6, 6.07) is 0. The van der Waals surface area contributed by atoms with Crippen LogP contribution in [0.4, 0.5) is 4.79 Å². The molecule has 0 spiro atoms. The van der Waals surface area contributed by atoms with E-state index in [1.807, 2.05) is 48.5 Å². The van der Waals surface area contributed by atoms with Crippen LogP contribution in [0.3, 0.4) is 0 Å². The zero-order chi connectivity index (χ0) is 20.1. The highest BCUT2D eigenvalue weighted by Crippen LogP contribution is 2.26. The van der Waals surface area contributed by atoms with Crippen molar-refractivity contribution in [1.29, 1.82) is 0 Å². The van der Waals surface area contributed by atoms with Gasteiger partial charge in [0, 0.05) is 13.5 Å². The summed E-state index contributed by atoms with van der Waals surface area (Å²) in [6.45, 7) is 13.3. The molecule has 0 aromatic heterocycles. The van der Waals surface area contributed by atoms with Crippen LogP contribution in [-0.2, 0) is 24.3 Å². The fraction of sp³-hybridized carbons (Fsp3) is 0.579. The largest absolute Gasteiger partial charge is 0.543 e. The zero-order valence-corrected chi connectivity index (χ0v) is 16.8. The van der Waals surface area contributed by atoms with Crippen LogP contribution in [0, 0.1) is 34.6 Å². The number of hydrogen-bond acceptors (Lipinski definition) is 7. The summed E-state index contributed by atoms with van der Waals surface area (Å²) in [6.07, 6.45) is -0.631. The Balaban J connectivity index is 2.57. The minimum atomic E-state index is -1.10. The van der Waals surface area contributed by atoms with Crippen molar-refractivity contribution in [2.75, 3.05) is 13.7 Å². The second-order valence-electron chi connectivity index (χ2n) is 6.83. The van der Waals surface area contributed by atoms with Gasteiger partial charge in [0.2, 0.25) is 0 Å². The van der Waals surface area contributed by atoms with Crippen molar-refractivity contribution < 1.29 is 33.9 Å². The summed E-state index contributed by atoms with van der Waals surface area (Å²) >= 11 is 0. The Morgan fingerprint density at radius 3 is 1.85 bits per heavy atom. The first-order valence-electron chi connectivity index (χ1n) is 8.36. The molecule has 1 aromatic carbocycles. The standard InChI is InChI=1S/C19H28O7/c1-11-12(2)14(4)16(15(5)13(11)3)17(20)24-26-25-18(21)23-10-9-19(6,7)22-8/h9-10H2,1-8H3. The van der Waals surface area contributed by atoms with Crippen LogP contribution in [0.1, 0.15) is 58.4 Å². The summed E-state index contributed by atoms with van der Waals surface area (Å²) in [7, 11) is 1.57. The lowest BCUT2D eigenvalue weighted by Crippen LogP contribution is -2.25. The first-order chi connectivity index (χ1) is 12.0. The van der Waals surface area contributed by atoms with Gasteiger partial charge >= 0.3 is 12.1 Å². The second-order valence-corrected chi connectivity index (χ2v) is 6.83. The average molecular weight is 368 g/mol. The summed E-state index contributed by atoms with van der Waals surface area (Å²) in [4.78, 5) is 32.6. The van der Waals surface area contributed by atoms with Crippen LogP contribution in [-0.4, -0.2) is 31.4 Å². The molecule has 0 bridgehead atoms. The molecule has 0 fully saturated rings. The Morgan fingerprint density at radius 1 is 0.846 bits per heavy atom. The van der Waals surface area contributed by atoms with E-state index in [1.54, 1.807) is 7.11 Å². The van der Waals surface area contributed by atoms with Gasteiger partial charge in [-0.05, 0) is 76.3 Å². The molecule has 0 unspecified atom stereocenters. The Labute approximate surface area is 154 Å². The average Bonchev–Trinajstić information content (AvgIpc) is 2.58. The molecule has 0 N–H and O–H groups in total. The number of methoxy groups -OCH3 is 1. The van der Waals surface area contributed by atoms with Gasteiger partial charge in [-0.3, -0.25) is 4.89 Å². The highest BCUT2D eigenvalue weighted by atomic mass is 17.5. The Hall–Kier alpha value is -2.12. The van der Waals surface area contributed by atoms with Gasteiger partial charge in [-0.25, -0.2) is 14.5 Å². The van der Waals surface area contributed by atoms with Gasteiger partial charge in [-0.2, -0.15) is 0 Å². The van der Waals surface area contributed by atoms with Crippen LogP contribution in [0.25, 0.3) is 0 Å². The molecule has 0 aliphatic rings. The summed E-state index contributed by atoms with van der Waals surface area (Å²) in [5, 5.41) is 4.29. The molecule has 26 heavy (non-hydrogen) atoms. The number of carbonyl (C=O) groups is 2. The van der Waals surface area contributed by atoms with E-state index in [0.717, 1.165) is 27.8 Å². The molecule has 0 saturated heterocycles. The predicted molar refractivity (Wildman–Crippen MR) is 94.8 cm³/mol. The van der Waals surface area contributed by atoms with Gasteiger partial charge in [0.1, 0.15) is 0 Å².